The highest BCUT2D eigenvalue weighted by atomic mass is 16.4. The lowest BCUT2D eigenvalue weighted by molar-refractivity contribution is -0.140. The van der Waals surface area contributed by atoms with Gasteiger partial charge in [-0.1, -0.05) is 30.3 Å². The van der Waals surface area contributed by atoms with Gasteiger partial charge >= 0.3 is 12.0 Å². The predicted octanol–water partition coefficient (Wildman–Crippen LogP) is 0.316. The summed E-state index contributed by atoms with van der Waals surface area (Å²) >= 11 is 0. The second kappa shape index (κ2) is 7.38. The number of rotatable bonds is 6. The molecule has 0 saturated heterocycles. The van der Waals surface area contributed by atoms with E-state index in [1.54, 1.807) is 7.05 Å². The van der Waals surface area contributed by atoms with Crippen molar-refractivity contribution in [2.75, 3.05) is 20.2 Å². The molecule has 0 fully saturated rings. The fourth-order valence-corrected chi connectivity index (χ4v) is 1.49. The van der Waals surface area contributed by atoms with Crippen molar-refractivity contribution < 1.29 is 19.8 Å². The molecule has 1 aromatic carbocycles. The van der Waals surface area contributed by atoms with Crippen LogP contribution in [-0.4, -0.2) is 53.4 Å². The zero-order chi connectivity index (χ0) is 14.3. The highest BCUT2D eigenvalue weighted by Gasteiger charge is 2.20. The number of hydrogen-bond acceptors (Lipinski definition) is 3. The standard InChI is InChI=1S/C13H18N2O4/c1-15(8-7-10-5-3-2-4-6-10)13(19)14-11(9-16)12(17)18/h2-6,11,16H,7-9H2,1H3,(H,14,19)(H,17,18)/t11-/m0/s1. The topological polar surface area (TPSA) is 89.9 Å². The first-order valence-electron chi connectivity index (χ1n) is 5.93. The number of urea groups is 1. The van der Waals surface area contributed by atoms with E-state index in [0.717, 1.165) is 5.56 Å². The largest absolute Gasteiger partial charge is 0.480 e. The summed E-state index contributed by atoms with van der Waals surface area (Å²) in [6.07, 6.45) is 0.682. The Hall–Kier alpha value is -2.08. The molecule has 6 nitrogen and oxygen atoms in total. The minimum atomic E-state index is -1.27. The lowest BCUT2D eigenvalue weighted by Crippen LogP contribution is -2.48. The molecule has 3 N–H and O–H groups in total. The van der Waals surface area contributed by atoms with Gasteiger partial charge in [-0.2, -0.15) is 0 Å². The molecule has 0 aliphatic carbocycles. The Labute approximate surface area is 111 Å². The van der Waals surface area contributed by atoms with E-state index in [-0.39, 0.29) is 0 Å². The van der Waals surface area contributed by atoms with E-state index in [1.165, 1.54) is 4.90 Å². The highest BCUT2D eigenvalue weighted by molar-refractivity contribution is 5.82. The summed E-state index contributed by atoms with van der Waals surface area (Å²) in [4.78, 5) is 23.7. The third-order valence-corrected chi connectivity index (χ3v) is 2.70. The summed E-state index contributed by atoms with van der Waals surface area (Å²) in [5.41, 5.74) is 1.10. The molecule has 0 saturated carbocycles. The zero-order valence-corrected chi connectivity index (χ0v) is 10.7. The van der Waals surface area contributed by atoms with Gasteiger partial charge in [0.25, 0.3) is 0 Å². The number of nitrogens with zero attached hydrogens (tertiary/aromatic N) is 1. The molecule has 1 rings (SSSR count). The molecule has 2 amide bonds. The zero-order valence-electron chi connectivity index (χ0n) is 10.7. The van der Waals surface area contributed by atoms with Crippen LogP contribution in [0.25, 0.3) is 0 Å². The fraction of sp³-hybridized carbons (Fsp3) is 0.385. The average Bonchev–Trinajstić information content (AvgIpc) is 2.42. The first-order chi connectivity index (χ1) is 9.04. The van der Waals surface area contributed by atoms with Crippen LogP contribution in [-0.2, 0) is 11.2 Å². The summed E-state index contributed by atoms with van der Waals surface area (Å²) < 4.78 is 0. The molecule has 0 aromatic heterocycles. The van der Waals surface area contributed by atoms with Gasteiger partial charge in [-0.05, 0) is 12.0 Å². The van der Waals surface area contributed by atoms with Crippen LogP contribution >= 0.6 is 0 Å². The summed E-state index contributed by atoms with van der Waals surface area (Å²) in [7, 11) is 1.58. The molecule has 0 spiro atoms. The molecule has 0 radical (unpaired) electrons. The molecule has 1 atom stereocenters. The van der Waals surface area contributed by atoms with Crippen LogP contribution in [0.15, 0.2) is 30.3 Å². The molecule has 0 aliphatic heterocycles. The van der Waals surface area contributed by atoms with E-state index in [0.29, 0.717) is 13.0 Å². The maximum atomic E-state index is 11.7. The first kappa shape index (κ1) is 15.0. The molecule has 0 unspecified atom stereocenters. The summed E-state index contributed by atoms with van der Waals surface area (Å²) in [6, 6.07) is 7.88. The number of hydrogen-bond donors (Lipinski definition) is 3. The monoisotopic (exact) mass is 266 g/mol. The van der Waals surface area contributed by atoms with Crippen LogP contribution < -0.4 is 5.32 Å². The minimum Gasteiger partial charge on any atom is -0.480 e. The van der Waals surface area contributed by atoms with E-state index >= 15 is 0 Å². The van der Waals surface area contributed by atoms with Crippen molar-refractivity contribution in [1.82, 2.24) is 10.2 Å². The number of aliphatic hydroxyl groups excluding tert-OH is 1. The van der Waals surface area contributed by atoms with Gasteiger partial charge in [0.05, 0.1) is 6.61 Å². The van der Waals surface area contributed by atoms with Crippen LogP contribution in [0.2, 0.25) is 0 Å². The number of likely N-dealkylation sites (N-methyl/N-ethyl adjacent to an activating group) is 1. The number of carbonyl (C=O) groups excluding carboxylic acids is 1. The van der Waals surface area contributed by atoms with E-state index < -0.39 is 24.6 Å². The Morgan fingerprint density at radius 1 is 1.32 bits per heavy atom. The van der Waals surface area contributed by atoms with Crippen molar-refractivity contribution in [2.45, 2.75) is 12.5 Å². The normalized spacial score (nSPS) is 11.7. The van der Waals surface area contributed by atoms with Gasteiger partial charge in [-0.15, -0.1) is 0 Å². The van der Waals surface area contributed by atoms with Crippen LogP contribution in [0, 0.1) is 0 Å². The molecule has 0 aliphatic rings. The summed E-state index contributed by atoms with van der Waals surface area (Å²) in [5, 5.41) is 19.8. The van der Waals surface area contributed by atoms with E-state index in [1.807, 2.05) is 30.3 Å². The third kappa shape index (κ3) is 4.97. The van der Waals surface area contributed by atoms with Crippen molar-refractivity contribution in [3.63, 3.8) is 0 Å². The first-order valence-corrected chi connectivity index (χ1v) is 5.93. The van der Waals surface area contributed by atoms with E-state index in [2.05, 4.69) is 5.32 Å². The Kier molecular flexibility index (Phi) is 5.81. The average molecular weight is 266 g/mol. The number of carboxylic acids is 1. The molecule has 0 bridgehead atoms. The van der Waals surface area contributed by atoms with Crippen molar-refractivity contribution >= 4 is 12.0 Å². The number of aliphatic hydroxyl groups is 1. The van der Waals surface area contributed by atoms with Crippen molar-refractivity contribution in [3.8, 4) is 0 Å². The Morgan fingerprint density at radius 2 is 1.95 bits per heavy atom. The van der Waals surface area contributed by atoms with Gasteiger partial charge in [0.15, 0.2) is 6.04 Å². The number of carboxylic acid groups (broad SMARTS) is 1. The van der Waals surface area contributed by atoms with E-state index in [9.17, 15) is 9.59 Å². The maximum absolute atomic E-state index is 11.7. The van der Waals surface area contributed by atoms with Gasteiger partial charge in [-0.3, -0.25) is 0 Å². The van der Waals surface area contributed by atoms with Crippen LogP contribution in [0.4, 0.5) is 4.79 Å². The predicted molar refractivity (Wildman–Crippen MR) is 69.8 cm³/mol. The molecular formula is C13H18N2O4. The highest BCUT2D eigenvalue weighted by Crippen LogP contribution is 2.00. The molecule has 0 heterocycles. The Morgan fingerprint density at radius 3 is 2.47 bits per heavy atom. The molecule has 104 valence electrons. The number of carbonyl (C=O) groups is 2. The SMILES string of the molecule is CN(CCc1ccccc1)C(=O)N[C@@H](CO)C(=O)O. The number of aliphatic carboxylic acids is 1. The lowest BCUT2D eigenvalue weighted by atomic mass is 10.1. The second-order valence-corrected chi connectivity index (χ2v) is 4.18. The van der Waals surface area contributed by atoms with Gasteiger partial charge < -0.3 is 20.4 Å². The maximum Gasteiger partial charge on any atom is 0.328 e. The van der Waals surface area contributed by atoms with Gasteiger partial charge in [0, 0.05) is 13.6 Å². The van der Waals surface area contributed by atoms with Gasteiger partial charge in [0.1, 0.15) is 0 Å². The van der Waals surface area contributed by atoms with E-state index in [4.69, 9.17) is 10.2 Å². The lowest BCUT2D eigenvalue weighted by Gasteiger charge is -2.20. The minimum absolute atomic E-state index is 0.466. The number of benzene rings is 1. The van der Waals surface area contributed by atoms with Crippen molar-refractivity contribution in [3.05, 3.63) is 35.9 Å². The molecule has 19 heavy (non-hydrogen) atoms. The second-order valence-electron chi connectivity index (χ2n) is 4.18. The fourth-order valence-electron chi connectivity index (χ4n) is 1.49. The third-order valence-electron chi connectivity index (χ3n) is 2.70. The van der Waals surface area contributed by atoms with Gasteiger partial charge in [0.2, 0.25) is 0 Å². The molecular weight excluding hydrogens is 248 g/mol. The summed E-state index contributed by atoms with van der Waals surface area (Å²) in [5.74, 6) is -1.26. The molecule has 1 aromatic rings. The van der Waals surface area contributed by atoms with Crippen molar-refractivity contribution in [2.24, 2.45) is 0 Å². The Bertz CT molecular complexity index is 422. The molecule has 6 heteroatoms. The quantitative estimate of drug-likeness (QED) is 0.691. The Balaban J connectivity index is 2.42. The number of nitrogens with one attached hydrogen (secondary N) is 1. The van der Waals surface area contributed by atoms with Crippen LogP contribution in [0.3, 0.4) is 0 Å². The summed E-state index contributed by atoms with van der Waals surface area (Å²) in [6.45, 7) is -0.165. The van der Waals surface area contributed by atoms with Crippen molar-refractivity contribution in [1.29, 1.82) is 0 Å². The number of amides is 2. The van der Waals surface area contributed by atoms with Crippen LogP contribution in [0.1, 0.15) is 5.56 Å². The van der Waals surface area contributed by atoms with Gasteiger partial charge in [-0.25, -0.2) is 9.59 Å². The smallest absolute Gasteiger partial charge is 0.328 e. The van der Waals surface area contributed by atoms with Crippen LogP contribution in [0.5, 0.6) is 0 Å².